The fourth-order valence-corrected chi connectivity index (χ4v) is 2.61. The molecule has 0 unspecified atom stereocenters. The summed E-state index contributed by atoms with van der Waals surface area (Å²) in [6.07, 6.45) is 0. The summed E-state index contributed by atoms with van der Waals surface area (Å²) in [4.78, 5) is 12.7. The van der Waals surface area contributed by atoms with Crippen molar-refractivity contribution in [3.8, 4) is 0 Å². The van der Waals surface area contributed by atoms with Crippen LogP contribution in [0.1, 0.15) is 16.7 Å². The molecule has 96 valence electrons. The second-order valence-electron chi connectivity index (χ2n) is 4.85. The summed E-state index contributed by atoms with van der Waals surface area (Å²) in [6, 6.07) is 13.4. The summed E-state index contributed by atoms with van der Waals surface area (Å²) in [7, 11) is 0. The van der Waals surface area contributed by atoms with Crippen molar-refractivity contribution in [1.29, 1.82) is 0 Å². The monoisotopic (exact) mass is 254 g/mol. The van der Waals surface area contributed by atoms with Crippen molar-refractivity contribution in [3.05, 3.63) is 69.3 Å². The van der Waals surface area contributed by atoms with E-state index in [1.54, 1.807) is 12.1 Å². The SMILES string of the molecule is Cc1cc([N+](=O)[O-])ccc1N1Cc2ccccc2C1. The summed E-state index contributed by atoms with van der Waals surface area (Å²) < 4.78 is 0. The molecule has 2 aromatic rings. The van der Waals surface area contributed by atoms with Gasteiger partial charge < -0.3 is 4.90 Å². The molecule has 4 nitrogen and oxygen atoms in total. The number of fused-ring (bicyclic) bond motifs is 1. The number of aryl methyl sites for hydroxylation is 1. The normalized spacial score (nSPS) is 13.4. The molecule has 0 atom stereocenters. The Morgan fingerprint density at radius 1 is 1.11 bits per heavy atom. The number of hydrogen-bond donors (Lipinski definition) is 0. The second kappa shape index (κ2) is 4.39. The Kier molecular flexibility index (Phi) is 2.71. The maximum absolute atomic E-state index is 10.8. The minimum atomic E-state index is -0.352. The van der Waals surface area contributed by atoms with Crippen LogP contribution in [0.15, 0.2) is 42.5 Å². The van der Waals surface area contributed by atoms with Gasteiger partial charge in [-0.25, -0.2) is 0 Å². The second-order valence-corrected chi connectivity index (χ2v) is 4.85. The molecule has 4 heteroatoms. The Morgan fingerprint density at radius 2 is 1.74 bits per heavy atom. The Balaban J connectivity index is 1.91. The molecule has 0 radical (unpaired) electrons. The standard InChI is InChI=1S/C15H14N2O2/c1-11-8-14(17(18)19)6-7-15(11)16-9-12-4-2-3-5-13(12)10-16/h2-8H,9-10H2,1H3. The van der Waals surface area contributed by atoms with Gasteiger partial charge >= 0.3 is 0 Å². The summed E-state index contributed by atoms with van der Waals surface area (Å²) in [6.45, 7) is 3.66. The molecule has 0 bridgehead atoms. The van der Waals surface area contributed by atoms with Crippen LogP contribution in [0.5, 0.6) is 0 Å². The number of nitrogens with zero attached hydrogens (tertiary/aromatic N) is 2. The smallest absolute Gasteiger partial charge is 0.269 e. The lowest BCUT2D eigenvalue weighted by Gasteiger charge is -2.19. The summed E-state index contributed by atoms with van der Waals surface area (Å²) >= 11 is 0. The highest BCUT2D eigenvalue weighted by molar-refractivity contribution is 5.59. The molecule has 0 N–H and O–H groups in total. The van der Waals surface area contributed by atoms with Crippen LogP contribution in [0.3, 0.4) is 0 Å². The fraction of sp³-hybridized carbons (Fsp3) is 0.200. The Morgan fingerprint density at radius 3 is 2.26 bits per heavy atom. The van der Waals surface area contributed by atoms with Crippen molar-refractivity contribution in [2.75, 3.05) is 4.90 Å². The van der Waals surface area contributed by atoms with Crippen molar-refractivity contribution in [3.63, 3.8) is 0 Å². The lowest BCUT2D eigenvalue weighted by molar-refractivity contribution is -0.384. The van der Waals surface area contributed by atoms with E-state index >= 15 is 0 Å². The fourth-order valence-electron chi connectivity index (χ4n) is 2.61. The van der Waals surface area contributed by atoms with E-state index in [9.17, 15) is 10.1 Å². The molecule has 0 aromatic heterocycles. The third-order valence-corrected chi connectivity index (χ3v) is 3.57. The zero-order chi connectivity index (χ0) is 13.4. The van der Waals surface area contributed by atoms with E-state index in [1.807, 2.05) is 25.1 Å². The van der Waals surface area contributed by atoms with Gasteiger partial charge in [0.1, 0.15) is 0 Å². The van der Waals surface area contributed by atoms with Gasteiger partial charge in [-0.1, -0.05) is 24.3 Å². The van der Waals surface area contributed by atoms with Crippen molar-refractivity contribution < 1.29 is 4.92 Å². The summed E-state index contributed by atoms with van der Waals surface area (Å²) in [5, 5.41) is 10.8. The molecule has 0 saturated heterocycles. The van der Waals surface area contributed by atoms with Gasteiger partial charge in [0.25, 0.3) is 5.69 Å². The maximum atomic E-state index is 10.8. The first-order valence-corrected chi connectivity index (χ1v) is 6.22. The van der Waals surface area contributed by atoms with Gasteiger partial charge in [-0.05, 0) is 29.7 Å². The molecule has 1 aliphatic rings. The summed E-state index contributed by atoms with van der Waals surface area (Å²) in [5.74, 6) is 0. The van der Waals surface area contributed by atoms with E-state index in [2.05, 4.69) is 17.0 Å². The quantitative estimate of drug-likeness (QED) is 0.609. The van der Waals surface area contributed by atoms with Gasteiger partial charge in [0, 0.05) is 30.9 Å². The third kappa shape index (κ3) is 2.05. The number of hydrogen-bond acceptors (Lipinski definition) is 3. The lowest BCUT2D eigenvalue weighted by atomic mass is 10.1. The molecule has 3 rings (SSSR count). The number of non-ortho nitro benzene ring substituents is 1. The average molecular weight is 254 g/mol. The van der Waals surface area contributed by atoms with Crippen LogP contribution in [-0.2, 0) is 13.1 Å². The largest absolute Gasteiger partial charge is 0.363 e. The molecule has 0 aliphatic carbocycles. The predicted octanol–water partition coefficient (Wildman–Crippen LogP) is 3.42. The van der Waals surface area contributed by atoms with E-state index in [1.165, 1.54) is 11.1 Å². The molecular formula is C15H14N2O2. The molecular weight excluding hydrogens is 240 g/mol. The molecule has 19 heavy (non-hydrogen) atoms. The molecule has 2 aromatic carbocycles. The van der Waals surface area contributed by atoms with E-state index in [4.69, 9.17) is 0 Å². The van der Waals surface area contributed by atoms with Gasteiger partial charge in [-0.2, -0.15) is 0 Å². The van der Waals surface area contributed by atoms with Crippen LogP contribution < -0.4 is 4.90 Å². The van der Waals surface area contributed by atoms with Gasteiger partial charge in [0.15, 0.2) is 0 Å². The van der Waals surface area contributed by atoms with Crippen molar-refractivity contribution in [1.82, 2.24) is 0 Å². The topological polar surface area (TPSA) is 46.4 Å². The minimum Gasteiger partial charge on any atom is -0.363 e. The van der Waals surface area contributed by atoms with Crippen LogP contribution in [0.25, 0.3) is 0 Å². The molecule has 0 amide bonds. The first-order chi connectivity index (χ1) is 9.15. The molecule has 0 fully saturated rings. The number of nitro groups is 1. The van der Waals surface area contributed by atoms with Crippen molar-refractivity contribution >= 4 is 11.4 Å². The van der Waals surface area contributed by atoms with Crippen LogP contribution in [-0.4, -0.2) is 4.92 Å². The first-order valence-electron chi connectivity index (χ1n) is 6.22. The predicted molar refractivity (Wildman–Crippen MR) is 74.2 cm³/mol. The molecule has 0 saturated carbocycles. The molecule has 1 aliphatic heterocycles. The van der Waals surface area contributed by atoms with E-state index < -0.39 is 0 Å². The zero-order valence-corrected chi connectivity index (χ0v) is 10.7. The highest BCUT2D eigenvalue weighted by Gasteiger charge is 2.20. The average Bonchev–Trinajstić information content (AvgIpc) is 2.81. The Hall–Kier alpha value is -2.36. The minimum absolute atomic E-state index is 0.151. The van der Waals surface area contributed by atoms with Crippen molar-refractivity contribution in [2.24, 2.45) is 0 Å². The van der Waals surface area contributed by atoms with Crippen LogP contribution in [0.4, 0.5) is 11.4 Å². The third-order valence-electron chi connectivity index (χ3n) is 3.57. The van der Waals surface area contributed by atoms with E-state index in [-0.39, 0.29) is 10.6 Å². The number of nitro benzene ring substituents is 1. The molecule has 0 spiro atoms. The van der Waals surface area contributed by atoms with Crippen molar-refractivity contribution in [2.45, 2.75) is 20.0 Å². The Labute approximate surface area is 111 Å². The van der Waals surface area contributed by atoms with E-state index in [0.29, 0.717) is 0 Å². The van der Waals surface area contributed by atoms with Gasteiger partial charge in [0.05, 0.1) is 4.92 Å². The highest BCUT2D eigenvalue weighted by atomic mass is 16.6. The lowest BCUT2D eigenvalue weighted by Crippen LogP contribution is -2.15. The van der Waals surface area contributed by atoms with Crippen LogP contribution >= 0.6 is 0 Å². The van der Waals surface area contributed by atoms with Gasteiger partial charge in [-0.3, -0.25) is 10.1 Å². The zero-order valence-electron chi connectivity index (χ0n) is 10.7. The number of rotatable bonds is 2. The number of benzene rings is 2. The van der Waals surface area contributed by atoms with Crippen LogP contribution in [0.2, 0.25) is 0 Å². The highest BCUT2D eigenvalue weighted by Crippen LogP contribution is 2.31. The van der Waals surface area contributed by atoms with Gasteiger partial charge in [-0.15, -0.1) is 0 Å². The van der Waals surface area contributed by atoms with Crippen LogP contribution in [0, 0.1) is 17.0 Å². The summed E-state index contributed by atoms with van der Waals surface area (Å²) in [5.41, 5.74) is 4.84. The van der Waals surface area contributed by atoms with E-state index in [0.717, 1.165) is 24.3 Å². The number of anilines is 1. The maximum Gasteiger partial charge on any atom is 0.269 e. The Bertz CT molecular complexity index is 627. The van der Waals surface area contributed by atoms with Gasteiger partial charge in [0.2, 0.25) is 0 Å². The first kappa shape index (κ1) is 11.7. The molecule has 1 heterocycles.